The minimum Gasteiger partial charge on any atom is -0.508 e. The molecular formula is C15H18N4O2. The molecule has 2 N–H and O–H groups in total. The number of aromatic amines is 1. The molecule has 1 aliphatic rings. The van der Waals surface area contributed by atoms with Crippen molar-refractivity contribution in [1.29, 1.82) is 0 Å². The van der Waals surface area contributed by atoms with Crippen LogP contribution in [0.5, 0.6) is 5.75 Å². The van der Waals surface area contributed by atoms with Crippen LogP contribution < -0.4 is 4.90 Å². The fraction of sp³-hybridized carbons (Fsp3) is 0.333. The lowest BCUT2D eigenvalue weighted by atomic mass is 10.2. The monoisotopic (exact) mass is 286 g/mol. The molecule has 0 bridgehead atoms. The number of rotatable bonds is 2. The second-order valence-corrected chi connectivity index (χ2v) is 5.18. The number of piperazine rings is 1. The number of aromatic hydroxyl groups is 1. The van der Waals surface area contributed by atoms with Gasteiger partial charge in [0.2, 0.25) is 0 Å². The highest BCUT2D eigenvalue weighted by atomic mass is 16.3. The Morgan fingerprint density at radius 2 is 2.05 bits per heavy atom. The molecule has 3 rings (SSSR count). The van der Waals surface area contributed by atoms with Gasteiger partial charge in [-0.15, -0.1) is 0 Å². The van der Waals surface area contributed by atoms with Gasteiger partial charge in [-0.1, -0.05) is 6.07 Å². The van der Waals surface area contributed by atoms with Crippen LogP contribution in [0, 0.1) is 6.92 Å². The van der Waals surface area contributed by atoms with Gasteiger partial charge in [0.1, 0.15) is 17.3 Å². The molecule has 1 saturated heterocycles. The highest BCUT2D eigenvalue weighted by Gasteiger charge is 2.23. The number of anilines is 1. The summed E-state index contributed by atoms with van der Waals surface area (Å²) < 4.78 is 0. The number of carbonyl (C=O) groups is 1. The van der Waals surface area contributed by atoms with Crippen LogP contribution in [0.15, 0.2) is 30.5 Å². The molecule has 0 saturated carbocycles. The molecule has 0 unspecified atom stereocenters. The van der Waals surface area contributed by atoms with Gasteiger partial charge in [0.05, 0.1) is 6.20 Å². The van der Waals surface area contributed by atoms with E-state index in [4.69, 9.17) is 0 Å². The minimum absolute atomic E-state index is 0.00819. The lowest BCUT2D eigenvalue weighted by molar-refractivity contribution is 0.0741. The van der Waals surface area contributed by atoms with E-state index >= 15 is 0 Å². The van der Waals surface area contributed by atoms with Gasteiger partial charge >= 0.3 is 0 Å². The maximum atomic E-state index is 12.3. The maximum absolute atomic E-state index is 12.3. The molecule has 0 aliphatic carbocycles. The summed E-state index contributed by atoms with van der Waals surface area (Å²) >= 11 is 0. The Morgan fingerprint density at radius 3 is 2.67 bits per heavy atom. The molecular weight excluding hydrogens is 268 g/mol. The average Bonchev–Trinajstić information content (AvgIpc) is 2.93. The molecule has 0 radical (unpaired) electrons. The number of hydrogen-bond donors (Lipinski definition) is 2. The van der Waals surface area contributed by atoms with Crippen molar-refractivity contribution < 1.29 is 9.90 Å². The van der Waals surface area contributed by atoms with Gasteiger partial charge in [0.25, 0.3) is 5.91 Å². The van der Waals surface area contributed by atoms with E-state index in [2.05, 4.69) is 14.9 Å². The van der Waals surface area contributed by atoms with Crippen molar-refractivity contribution in [2.24, 2.45) is 0 Å². The van der Waals surface area contributed by atoms with Crippen molar-refractivity contribution in [2.75, 3.05) is 31.1 Å². The third-order valence-electron chi connectivity index (χ3n) is 3.70. The maximum Gasteiger partial charge on any atom is 0.272 e. The third-order valence-corrected chi connectivity index (χ3v) is 3.70. The quantitative estimate of drug-likeness (QED) is 0.875. The van der Waals surface area contributed by atoms with Crippen LogP contribution in [0.1, 0.15) is 16.3 Å². The number of imidazole rings is 1. The lowest BCUT2D eigenvalue weighted by Gasteiger charge is -2.35. The summed E-state index contributed by atoms with van der Waals surface area (Å²) in [6.07, 6.45) is 1.58. The molecule has 110 valence electrons. The normalized spacial score (nSPS) is 15.3. The molecule has 1 amide bonds. The van der Waals surface area contributed by atoms with Gasteiger partial charge in [-0.3, -0.25) is 4.79 Å². The van der Waals surface area contributed by atoms with Crippen LogP contribution in [-0.2, 0) is 0 Å². The van der Waals surface area contributed by atoms with E-state index < -0.39 is 0 Å². The van der Waals surface area contributed by atoms with Gasteiger partial charge in [-0.05, 0) is 19.1 Å². The molecule has 21 heavy (non-hydrogen) atoms. The summed E-state index contributed by atoms with van der Waals surface area (Å²) in [6.45, 7) is 4.65. The summed E-state index contributed by atoms with van der Waals surface area (Å²) in [6, 6.07) is 7.20. The zero-order valence-electron chi connectivity index (χ0n) is 11.9. The lowest BCUT2D eigenvalue weighted by Crippen LogP contribution is -2.48. The fourth-order valence-electron chi connectivity index (χ4n) is 2.56. The molecule has 0 spiro atoms. The molecule has 1 fully saturated rings. The van der Waals surface area contributed by atoms with Crippen molar-refractivity contribution in [3.05, 3.63) is 42.0 Å². The second-order valence-electron chi connectivity index (χ2n) is 5.18. The van der Waals surface area contributed by atoms with E-state index in [0.29, 0.717) is 18.8 Å². The van der Waals surface area contributed by atoms with Gasteiger partial charge in [-0.2, -0.15) is 0 Å². The number of aryl methyl sites for hydroxylation is 1. The van der Waals surface area contributed by atoms with Crippen LogP contribution >= 0.6 is 0 Å². The average molecular weight is 286 g/mol. The molecule has 1 aliphatic heterocycles. The first-order valence-electron chi connectivity index (χ1n) is 6.98. The van der Waals surface area contributed by atoms with Crippen molar-refractivity contribution in [3.8, 4) is 5.75 Å². The summed E-state index contributed by atoms with van der Waals surface area (Å²) in [7, 11) is 0. The van der Waals surface area contributed by atoms with Crippen LogP contribution in [0.3, 0.4) is 0 Å². The molecule has 6 heteroatoms. The number of phenols is 1. The summed E-state index contributed by atoms with van der Waals surface area (Å²) in [5.41, 5.74) is 1.53. The Balaban J connectivity index is 1.64. The van der Waals surface area contributed by atoms with Crippen molar-refractivity contribution in [3.63, 3.8) is 0 Å². The molecule has 1 aromatic carbocycles. The topological polar surface area (TPSA) is 72.5 Å². The Morgan fingerprint density at radius 1 is 1.29 bits per heavy atom. The number of nitrogens with one attached hydrogen (secondary N) is 1. The fourth-order valence-corrected chi connectivity index (χ4v) is 2.56. The standard InChI is InChI=1S/C15H18N4O2/c1-11-16-10-14(17-11)15(21)19-7-5-18(6-8-19)12-3-2-4-13(20)9-12/h2-4,9-10,20H,5-8H2,1H3,(H,16,17). The first-order valence-corrected chi connectivity index (χ1v) is 6.98. The van der Waals surface area contributed by atoms with E-state index in [1.807, 2.05) is 24.0 Å². The van der Waals surface area contributed by atoms with E-state index in [0.717, 1.165) is 24.6 Å². The van der Waals surface area contributed by atoms with Crippen LogP contribution in [0.25, 0.3) is 0 Å². The SMILES string of the molecule is Cc1ncc(C(=O)N2CCN(c3cccc(O)c3)CC2)[nH]1. The predicted molar refractivity (Wildman–Crippen MR) is 79.5 cm³/mol. The smallest absolute Gasteiger partial charge is 0.272 e. The van der Waals surface area contributed by atoms with E-state index in [1.165, 1.54) is 0 Å². The predicted octanol–water partition coefficient (Wildman–Crippen LogP) is 1.39. The Labute approximate surface area is 123 Å². The van der Waals surface area contributed by atoms with Gasteiger partial charge in [-0.25, -0.2) is 4.98 Å². The first-order chi connectivity index (χ1) is 10.1. The number of phenolic OH excluding ortho intramolecular Hbond substituents is 1. The molecule has 2 heterocycles. The van der Waals surface area contributed by atoms with Crippen LogP contribution in [0.2, 0.25) is 0 Å². The van der Waals surface area contributed by atoms with E-state index in [1.54, 1.807) is 18.3 Å². The van der Waals surface area contributed by atoms with Crippen molar-refractivity contribution in [1.82, 2.24) is 14.9 Å². The number of carbonyl (C=O) groups excluding carboxylic acids is 1. The Kier molecular flexibility index (Phi) is 3.51. The number of benzene rings is 1. The number of hydrogen-bond acceptors (Lipinski definition) is 4. The molecule has 0 atom stereocenters. The largest absolute Gasteiger partial charge is 0.508 e. The molecule has 6 nitrogen and oxygen atoms in total. The number of H-pyrrole nitrogens is 1. The van der Waals surface area contributed by atoms with Crippen molar-refractivity contribution >= 4 is 11.6 Å². The highest BCUT2D eigenvalue weighted by Crippen LogP contribution is 2.21. The first kappa shape index (κ1) is 13.5. The zero-order valence-corrected chi connectivity index (χ0v) is 11.9. The summed E-state index contributed by atoms with van der Waals surface area (Å²) in [5.74, 6) is 1.00. The van der Waals surface area contributed by atoms with Crippen LogP contribution in [-0.4, -0.2) is 52.1 Å². The number of amides is 1. The van der Waals surface area contributed by atoms with Gasteiger partial charge < -0.3 is 19.9 Å². The third kappa shape index (κ3) is 2.84. The molecule has 1 aromatic heterocycles. The minimum atomic E-state index is -0.00819. The summed E-state index contributed by atoms with van der Waals surface area (Å²) in [4.78, 5) is 23.3. The van der Waals surface area contributed by atoms with Crippen LogP contribution in [0.4, 0.5) is 5.69 Å². The van der Waals surface area contributed by atoms with E-state index in [-0.39, 0.29) is 11.7 Å². The number of aromatic nitrogens is 2. The summed E-state index contributed by atoms with van der Waals surface area (Å²) in [5, 5.41) is 9.53. The van der Waals surface area contributed by atoms with Gasteiger partial charge in [0.15, 0.2) is 0 Å². The number of nitrogens with zero attached hydrogens (tertiary/aromatic N) is 3. The second kappa shape index (κ2) is 5.47. The highest BCUT2D eigenvalue weighted by molar-refractivity contribution is 5.92. The van der Waals surface area contributed by atoms with E-state index in [9.17, 15) is 9.90 Å². The Hall–Kier alpha value is -2.50. The Bertz CT molecular complexity index is 645. The zero-order chi connectivity index (χ0) is 14.8. The molecule has 2 aromatic rings. The van der Waals surface area contributed by atoms with Crippen molar-refractivity contribution in [2.45, 2.75) is 6.92 Å². The van der Waals surface area contributed by atoms with Gasteiger partial charge in [0, 0.05) is 37.9 Å².